The fourth-order valence-electron chi connectivity index (χ4n) is 3.87. The van der Waals surface area contributed by atoms with Gasteiger partial charge in [0.1, 0.15) is 12.6 Å². The molecular formula is C28H33N3O4S. The van der Waals surface area contributed by atoms with Crippen molar-refractivity contribution in [2.75, 3.05) is 17.4 Å². The van der Waals surface area contributed by atoms with Gasteiger partial charge in [-0.1, -0.05) is 66.2 Å². The zero-order valence-corrected chi connectivity index (χ0v) is 22.0. The lowest BCUT2D eigenvalue weighted by Crippen LogP contribution is -2.51. The minimum atomic E-state index is -4.05. The highest BCUT2D eigenvalue weighted by atomic mass is 32.2. The van der Waals surface area contributed by atoms with Crippen molar-refractivity contribution in [2.45, 2.75) is 45.2 Å². The van der Waals surface area contributed by atoms with Crippen molar-refractivity contribution in [3.8, 4) is 0 Å². The molecule has 0 spiro atoms. The number of rotatable bonds is 10. The van der Waals surface area contributed by atoms with Crippen LogP contribution in [-0.4, -0.2) is 44.3 Å². The zero-order chi connectivity index (χ0) is 26.3. The van der Waals surface area contributed by atoms with E-state index in [9.17, 15) is 18.0 Å². The molecule has 0 saturated carbocycles. The van der Waals surface area contributed by atoms with E-state index in [2.05, 4.69) is 5.32 Å². The van der Waals surface area contributed by atoms with E-state index >= 15 is 0 Å². The highest BCUT2D eigenvalue weighted by Gasteiger charge is 2.32. The number of nitrogens with one attached hydrogen (secondary N) is 1. The summed E-state index contributed by atoms with van der Waals surface area (Å²) in [6, 6.07) is 22.0. The van der Waals surface area contributed by atoms with Crippen molar-refractivity contribution in [3.05, 3.63) is 95.6 Å². The van der Waals surface area contributed by atoms with E-state index in [1.807, 2.05) is 44.2 Å². The summed E-state index contributed by atoms with van der Waals surface area (Å²) in [7, 11) is -4.05. The number of carbonyl (C=O) groups is 2. The molecular weight excluding hydrogens is 474 g/mol. The highest BCUT2D eigenvalue weighted by molar-refractivity contribution is 7.92. The van der Waals surface area contributed by atoms with Crippen LogP contribution in [0.2, 0.25) is 0 Å². The van der Waals surface area contributed by atoms with Crippen molar-refractivity contribution >= 4 is 27.5 Å². The third-order valence-electron chi connectivity index (χ3n) is 5.99. The lowest BCUT2D eigenvalue weighted by Gasteiger charge is -2.32. The number of carbonyl (C=O) groups excluding carboxylic acids is 2. The second-order valence-corrected chi connectivity index (χ2v) is 10.6. The van der Waals surface area contributed by atoms with Crippen LogP contribution in [0.5, 0.6) is 0 Å². The molecule has 0 aliphatic carbocycles. The number of likely N-dealkylation sites (N-methyl/N-ethyl adjacent to an activating group) is 1. The molecule has 0 saturated heterocycles. The van der Waals surface area contributed by atoms with E-state index in [-0.39, 0.29) is 17.3 Å². The first-order chi connectivity index (χ1) is 17.1. The van der Waals surface area contributed by atoms with E-state index in [0.29, 0.717) is 17.8 Å². The van der Waals surface area contributed by atoms with Crippen LogP contribution in [-0.2, 0) is 26.2 Å². The maximum atomic E-state index is 13.8. The monoisotopic (exact) mass is 507 g/mol. The van der Waals surface area contributed by atoms with Crippen molar-refractivity contribution < 1.29 is 18.0 Å². The average molecular weight is 508 g/mol. The van der Waals surface area contributed by atoms with Gasteiger partial charge in [0.05, 0.1) is 10.6 Å². The Labute approximate surface area is 213 Å². The molecule has 0 heterocycles. The van der Waals surface area contributed by atoms with Crippen LogP contribution in [0.15, 0.2) is 83.8 Å². The van der Waals surface area contributed by atoms with Crippen LogP contribution in [0, 0.1) is 13.8 Å². The van der Waals surface area contributed by atoms with Crippen LogP contribution in [0.25, 0.3) is 0 Å². The molecule has 0 radical (unpaired) electrons. The Balaban J connectivity index is 2.02. The smallest absolute Gasteiger partial charge is 0.264 e. The van der Waals surface area contributed by atoms with Crippen LogP contribution in [0.1, 0.15) is 30.5 Å². The predicted molar refractivity (Wildman–Crippen MR) is 142 cm³/mol. The Bertz CT molecular complexity index is 1290. The van der Waals surface area contributed by atoms with Crippen LogP contribution < -0.4 is 9.62 Å². The average Bonchev–Trinajstić information content (AvgIpc) is 2.87. The molecule has 1 unspecified atom stereocenters. The van der Waals surface area contributed by atoms with E-state index < -0.39 is 28.5 Å². The molecule has 36 heavy (non-hydrogen) atoms. The summed E-state index contributed by atoms with van der Waals surface area (Å²) >= 11 is 0. The molecule has 0 aromatic heterocycles. The maximum absolute atomic E-state index is 13.8. The Kier molecular flexibility index (Phi) is 8.88. The predicted octanol–water partition coefficient (Wildman–Crippen LogP) is 4.05. The van der Waals surface area contributed by atoms with Crippen molar-refractivity contribution in [3.63, 3.8) is 0 Å². The van der Waals surface area contributed by atoms with Gasteiger partial charge < -0.3 is 10.2 Å². The first-order valence-electron chi connectivity index (χ1n) is 11.9. The summed E-state index contributed by atoms with van der Waals surface area (Å²) in [4.78, 5) is 28.0. The number of benzene rings is 3. The Morgan fingerprint density at radius 3 is 2.11 bits per heavy atom. The summed E-state index contributed by atoms with van der Waals surface area (Å²) in [6.45, 7) is 7.38. The molecule has 2 amide bonds. The highest BCUT2D eigenvalue weighted by Crippen LogP contribution is 2.27. The second kappa shape index (κ2) is 11.9. The Morgan fingerprint density at radius 1 is 0.889 bits per heavy atom. The van der Waals surface area contributed by atoms with Crippen LogP contribution in [0.4, 0.5) is 5.69 Å². The molecule has 1 atom stereocenters. The first kappa shape index (κ1) is 26.9. The number of hydrogen-bond donors (Lipinski definition) is 1. The number of amides is 2. The normalized spacial score (nSPS) is 12.0. The van der Waals surface area contributed by atoms with Gasteiger partial charge in [-0.3, -0.25) is 13.9 Å². The summed E-state index contributed by atoms with van der Waals surface area (Å²) in [5.74, 6) is -0.775. The fraction of sp³-hybridized carbons (Fsp3) is 0.286. The number of hydrogen-bond acceptors (Lipinski definition) is 4. The van der Waals surface area contributed by atoms with Gasteiger partial charge in [0.15, 0.2) is 0 Å². The van der Waals surface area contributed by atoms with E-state index in [0.717, 1.165) is 15.4 Å². The SMILES string of the molecule is CCNC(=O)C(C)N(Cc1ccc(C)cc1)C(=O)CN(c1ccccc1C)S(=O)(=O)c1ccccc1. The molecule has 190 valence electrons. The minimum Gasteiger partial charge on any atom is -0.355 e. The molecule has 3 aromatic rings. The van der Waals surface area contributed by atoms with Crippen LogP contribution in [0.3, 0.4) is 0 Å². The largest absolute Gasteiger partial charge is 0.355 e. The number of para-hydroxylation sites is 1. The first-order valence-corrected chi connectivity index (χ1v) is 13.3. The number of aryl methyl sites for hydroxylation is 2. The fourth-order valence-corrected chi connectivity index (χ4v) is 5.37. The molecule has 8 heteroatoms. The quantitative estimate of drug-likeness (QED) is 0.449. The van der Waals surface area contributed by atoms with Gasteiger partial charge in [0, 0.05) is 13.1 Å². The number of sulfonamides is 1. The number of nitrogens with zero attached hydrogens (tertiary/aromatic N) is 2. The van der Waals surface area contributed by atoms with Crippen molar-refractivity contribution in [1.82, 2.24) is 10.2 Å². The summed E-state index contributed by atoms with van der Waals surface area (Å²) < 4.78 is 28.6. The molecule has 3 aromatic carbocycles. The van der Waals surface area contributed by atoms with Crippen molar-refractivity contribution in [1.29, 1.82) is 0 Å². The molecule has 0 aliphatic heterocycles. The van der Waals surface area contributed by atoms with Crippen molar-refractivity contribution in [2.24, 2.45) is 0 Å². The third-order valence-corrected chi connectivity index (χ3v) is 7.76. The van der Waals surface area contributed by atoms with Gasteiger partial charge in [-0.15, -0.1) is 0 Å². The molecule has 3 rings (SSSR count). The Morgan fingerprint density at radius 2 is 1.50 bits per heavy atom. The standard InChI is InChI=1S/C28H33N3O4S/c1-5-29-28(33)23(4)30(19-24-17-15-21(2)16-18-24)27(32)20-31(26-14-10-9-11-22(26)3)36(34,35)25-12-7-6-8-13-25/h6-18,23H,5,19-20H2,1-4H3,(H,29,33). The lowest BCUT2D eigenvalue weighted by molar-refractivity contribution is -0.139. The summed E-state index contributed by atoms with van der Waals surface area (Å²) in [5, 5.41) is 2.76. The summed E-state index contributed by atoms with van der Waals surface area (Å²) in [6.07, 6.45) is 0. The van der Waals surface area contributed by atoms with Crippen LogP contribution >= 0.6 is 0 Å². The second-order valence-electron chi connectivity index (χ2n) is 8.69. The van der Waals surface area contributed by atoms with Gasteiger partial charge in [-0.05, 0) is 57.0 Å². The molecule has 7 nitrogen and oxygen atoms in total. The van der Waals surface area contributed by atoms with Gasteiger partial charge >= 0.3 is 0 Å². The van der Waals surface area contributed by atoms with E-state index in [1.54, 1.807) is 50.2 Å². The lowest BCUT2D eigenvalue weighted by atomic mass is 10.1. The van der Waals surface area contributed by atoms with Gasteiger partial charge in [-0.2, -0.15) is 0 Å². The molecule has 1 N–H and O–H groups in total. The Hall–Kier alpha value is -3.65. The molecule has 0 fully saturated rings. The summed E-state index contributed by atoms with van der Waals surface area (Å²) in [5.41, 5.74) is 3.05. The topological polar surface area (TPSA) is 86.8 Å². The van der Waals surface area contributed by atoms with E-state index in [4.69, 9.17) is 0 Å². The minimum absolute atomic E-state index is 0.0860. The van der Waals surface area contributed by atoms with E-state index in [1.165, 1.54) is 17.0 Å². The zero-order valence-electron chi connectivity index (χ0n) is 21.1. The van der Waals surface area contributed by atoms with Gasteiger partial charge in [0.25, 0.3) is 10.0 Å². The van der Waals surface area contributed by atoms with Gasteiger partial charge in [0.2, 0.25) is 11.8 Å². The molecule has 0 aliphatic rings. The number of anilines is 1. The third kappa shape index (κ3) is 6.31. The maximum Gasteiger partial charge on any atom is 0.264 e. The molecule has 0 bridgehead atoms. The van der Waals surface area contributed by atoms with Gasteiger partial charge in [-0.25, -0.2) is 8.42 Å².